The Bertz CT molecular complexity index is 412. The first kappa shape index (κ1) is 15.1. The lowest BCUT2D eigenvalue weighted by atomic mass is 9.82. The second kappa shape index (κ2) is 7.42. The van der Waals surface area contributed by atoms with E-state index in [0.717, 1.165) is 32.3 Å². The summed E-state index contributed by atoms with van der Waals surface area (Å²) in [7, 11) is 0. The van der Waals surface area contributed by atoms with Gasteiger partial charge in [-0.3, -0.25) is 0 Å². The highest BCUT2D eigenvalue weighted by molar-refractivity contribution is 5.25. The van der Waals surface area contributed by atoms with Crippen LogP contribution in [0.2, 0.25) is 0 Å². The number of hydrogen-bond acceptors (Lipinski definition) is 2. The number of aliphatic hydroxyl groups is 1. The summed E-state index contributed by atoms with van der Waals surface area (Å²) in [5.74, 6) is 0.640. The van der Waals surface area contributed by atoms with Crippen molar-refractivity contribution in [3.8, 4) is 0 Å². The predicted octanol–water partition coefficient (Wildman–Crippen LogP) is 4.55. The maximum absolute atomic E-state index is 9.60. The van der Waals surface area contributed by atoms with E-state index < -0.39 is 0 Å². The summed E-state index contributed by atoms with van der Waals surface area (Å²) in [6, 6.07) is 8.98. The van der Waals surface area contributed by atoms with E-state index in [1.807, 2.05) is 0 Å². The molecular weight excluding hydrogens is 260 g/mol. The average molecular weight is 288 g/mol. The van der Waals surface area contributed by atoms with Crippen LogP contribution in [0.3, 0.4) is 0 Å². The van der Waals surface area contributed by atoms with Gasteiger partial charge in [0.15, 0.2) is 0 Å². The molecule has 2 saturated carbocycles. The minimum absolute atomic E-state index is 0.0654. The Morgan fingerprint density at radius 1 is 0.857 bits per heavy atom. The molecule has 2 fully saturated rings. The first-order valence-electron chi connectivity index (χ1n) is 8.70. The fourth-order valence-electron chi connectivity index (χ4n) is 3.74. The first-order chi connectivity index (χ1) is 10.3. The summed E-state index contributed by atoms with van der Waals surface area (Å²) in [4.78, 5) is 0. The lowest BCUT2D eigenvalue weighted by Crippen LogP contribution is -2.17. The second-order valence-electron chi connectivity index (χ2n) is 6.82. The van der Waals surface area contributed by atoms with Gasteiger partial charge in [-0.05, 0) is 55.6 Å². The molecule has 1 aromatic rings. The Morgan fingerprint density at radius 3 is 2.19 bits per heavy atom. The molecule has 0 bridgehead atoms. The van der Waals surface area contributed by atoms with Crippen LogP contribution < -0.4 is 0 Å². The maximum atomic E-state index is 9.60. The van der Waals surface area contributed by atoms with Crippen molar-refractivity contribution in [2.45, 2.75) is 82.5 Å². The predicted molar refractivity (Wildman–Crippen MR) is 85.3 cm³/mol. The van der Waals surface area contributed by atoms with Gasteiger partial charge in [0.2, 0.25) is 0 Å². The zero-order chi connectivity index (χ0) is 14.5. The van der Waals surface area contributed by atoms with Crippen LogP contribution in [0.25, 0.3) is 0 Å². The van der Waals surface area contributed by atoms with Crippen LogP contribution in [0.15, 0.2) is 24.3 Å². The van der Waals surface area contributed by atoms with Crippen LogP contribution in [-0.2, 0) is 11.3 Å². The molecule has 2 aliphatic carbocycles. The molecule has 2 aliphatic rings. The molecule has 21 heavy (non-hydrogen) atoms. The van der Waals surface area contributed by atoms with Crippen molar-refractivity contribution < 1.29 is 9.84 Å². The molecule has 0 aliphatic heterocycles. The van der Waals surface area contributed by atoms with E-state index in [2.05, 4.69) is 24.3 Å². The van der Waals surface area contributed by atoms with Crippen LogP contribution in [0.5, 0.6) is 0 Å². The topological polar surface area (TPSA) is 29.5 Å². The fraction of sp³-hybridized carbons (Fsp3) is 0.684. The number of benzene rings is 1. The molecule has 1 aromatic carbocycles. The summed E-state index contributed by atoms with van der Waals surface area (Å²) < 4.78 is 6.04. The molecule has 0 heterocycles. The van der Waals surface area contributed by atoms with Gasteiger partial charge >= 0.3 is 0 Å². The average Bonchev–Trinajstić information content (AvgIpc) is 2.55. The van der Waals surface area contributed by atoms with E-state index in [-0.39, 0.29) is 6.10 Å². The SMILES string of the molecule is OC1CCC(c2ccc(COC3CCCCC3)cc2)CC1. The number of ether oxygens (including phenoxy) is 1. The third-order valence-corrected chi connectivity index (χ3v) is 5.19. The van der Waals surface area contributed by atoms with E-state index in [0.29, 0.717) is 12.0 Å². The first-order valence-corrected chi connectivity index (χ1v) is 8.70. The van der Waals surface area contributed by atoms with Gasteiger partial charge < -0.3 is 9.84 Å². The monoisotopic (exact) mass is 288 g/mol. The van der Waals surface area contributed by atoms with Crippen LogP contribution in [0, 0.1) is 0 Å². The molecule has 3 rings (SSSR count). The van der Waals surface area contributed by atoms with E-state index in [4.69, 9.17) is 4.74 Å². The van der Waals surface area contributed by atoms with Gasteiger partial charge in [0, 0.05) is 0 Å². The summed E-state index contributed by atoms with van der Waals surface area (Å²) >= 11 is 0. The highest BCUT2D eigenvalue weighted by atomic mass is 16.5. The highest BCUT2D eigenvalue weighted by Crippen LogP contribution is 2.33. The summed E-state index contributed by atoms with van der Waals surface area (Å²) in [6.07, 6.45) is 11.1. The largest absolute Gasteiger partial charge is 0.393 e. The van der Waals surface area contributed by atoms with Gasteiger partial charge in [0.05, 0.1) is 18.8 Å². The quantitative estimate of drug-likeness (QED) is 0.880. The molecule has 0 atom stereocenters. The van der Waals surface area contributed by atoms with E-state index in [1.54, 1.807) is 0 Å². The standard InChI is InChI=1S/C19H28O2/c20-18-12-10-17(11-13-18)16-8-6-15(7-9-16)14-21-19-4-2-1-3-5-19/h6-9,17-20H,1-5,10-14H2. The van der Waals surface area contributed by atoms with Gasteiger partial charge in [-0.15, -0.1) is 0 Å². The summed E-state index contributed by atoms with van der Waals surface area (Å²) in [5, 5.41) is 9.60. The second-order valence-corrected chi connectivity index (χ2v) is 6.82. The van der Waals surface area contributed by atoms with E-state index in [9.17, 15) is 5.11 Å². The molecule has 0 amide bonds. The third kappa shape index (κ3) is 4.31. The third-order valence-electron chi connectivity index (χ3n) is 5.19. The molecule has 0 radical (unpaired) electrons. The molecule has 0 saturated heterocycles. The zero-order valence-electron chi connectivity index (χ0n) is 13.0. The van der Waals surface area contributed by atoms with E-state index >= 15 is 0 Å². The fourth-order valence-corrected chi connectivity index (χ4v) is 3.74. The lowest BCUT2D eigenvalue weighted by molar-refractivity contribution is 0.0168. The van der Waals surface area contributed by atoms with Crippen molar-refractivity contribution in [2.24, 2.45) is 0 Å². The van der Waals surface area contributed by atoms with Gasteiger partial charge in [-0.1, -0.05) is 43.5 Å². The summed E-state index contributed by atoms with van der Waals surface area (Å²) in [5.41, 5.74) is 2.73. The van der Waals surface area contributed by atoms with Crippen molar-refractivity contribution in [2.75, 3.05) is 0 Å². The Morgan fingerprint density at radius 2 is 1.52 bits per heavy atom. The molecule has 0 spiro atoms. The maximum Gasteiger partial charge on any atom is 0.0720 e. The molecule has 0 unspecified atom stereocenters. The molecule has 116 valence electrons. The van der Waals surface area contributed by atoms with Crippen LogP contribution in [0.1, 0.15) is 74.8 Å². The molecule has 2 heteroatoms. The van der Waals surface area contributed by atoms with Crippen LogP contribution >= 0.6 is 0 Å². The molecule has 2 nitrogen and oxygen atoms in total. The highest BCUT2D eigenvalue weighted by Gasteiger charge is 2.20. The van der Waals surface area contributed by atoms with Crippen LogP contribution in [0.4, 0.5) is 0 Å². The Kier molecular flexibility index (Phi) is 5.32. The Balaban J connectivity index is 1.49. The van der Waals surface area contributed by atoms with Crippen molar-refractivity contribution >= 4 is 0 Å². The van der Waals surface area contributed by atoms with Crippen LogP contribution in [-0.4, -0.2) is 17.3 Å². The molecule has 1 N–H and O–H groups in total. The minimum Gasteiger partial charge on any atom is -0.393 e. The van der Waals surface area contributed by atoms with Gasteiger partial charge in [0.25, 0.3) is 0 Å². The van der Waals surface area contributed by atoms with Gasteiger partial charge in [-0.2, -0.15) is 0 Å². The van der Waals surface area contributed by atoms with Crippen molar-refractivity contribution in [3.63, 3.8) is 0 Å². The van der Waals surface area contributed by atoms with E-state index in [1.165, 1.54) is 43.2 Å². The Labute approximate surface area is 128 Å². The normalized spacial score (nSPS) is 27.7. The minimum atomic E-state index is -0.0654. The van der Waals surface area contributed by atoms with Crippen molar-refractivity contribution in [1.82, 2.24) is 0 Å². The lowest BCUT2D eigenvalue weighted by Gasteiger charge is -2.26. The molecular formula is C19H28O2. The zero-order valence-corrected chi connectivity index (χ0v) is 13.0. The molecule has 0 aromatic heterocycles. The number of aliphatic hydroxyl groups excluding tert-OH is 1. The van der Waals surface area contributed by atoms with Gasteiger partial charge in [-0.25, -0.2) is 0 Å². The van der Waals surface area contributed by atoms with Crippen molar-refractivity contribution in [3.05, 3.63) is 35.4 Å². The number of rotatable bonds is 4. The van der Waals surface area contributed by atoms with Gasteiger partial charge in [0.1, 0.15) is 0 Å². The Hall–Kier alpha value is -0.860. The smallest absolute Gasteiger partial charge is 0.0720 e. The number of hydrogen-bond donors (Lipinski definition) is 1. The summed E-state index contributed by atoms with van der Waals surface area (Å²) in [6.45, 7) is 0.758. The van der Waals surface area contributed by atoms with Crippen molar-refractivity contribution in [1.29, 1.82) is 0 Å².